The summed E-state index contributed by atoms with van der Waals surface area (Å²) in [6.45, 7) is 1.86. The molecular weight excluding hydrogens is 420 g/mol. The minimum atomic E-state index is -0.886. The van der Waals surface area contributed by atoms with Crippen LogP contribution in [0.2, 0.25) is 0 Å². The van der Waals surface area contributed by atoms with Gasteiger partial charge in [-0.15, -0.1) is 0 Å². The molecule has 2 aromatic heterocycles. The van der Waals surface area contributed by atoms with Crippen LogP contribution < -0.4 is 5.32 Å². The molecule has 1 amide bonds. The molecule has 1 aromatic carbocycles. The molecule has 9 heteroatoms. The predicted octanol–water partition coefficient (Wildman–Crippen LogP) is 3.98. The lowest BCUT2D eigenvalue weighted by atomic mass is 9.96. The molecule has 32 heavy (non-hydrogen) atoms. The molecule has 3 atom stereocenters. The van der Waals surface area contributed by atoms with Crippen molar-refractivity contribution < 1.29 is 28.5 Å². The van der Waals surface area contributed by atoms with E-state index in [1.54, 1.807) is 12.3 Å². The first-order valence-corrected chi connectivity index (χ1v) is 10.1. The van der Waals surface area contributed by atoms with E-state index >= 15 is 0 Å². The first-order chi connectivity index (χ1) is 15.3. The number of amides is 1. The molecule has 3 N–H and O–H groups in total. The second-order valence-electron chi connectivity index (χ2n) is 7.64. The van der Waals surface area contributed by atoms with Crippen molar-refractivity contribution in [2.75, 3.05) is 5.32 Å². The van der Waals surface area contributed by atoms with E-state index in [-0.39, 0.29) is 11.8 Å². The highest BCUT2D eigenvalue weighted by Gasteiger charge is 2.29. The number of phenols is 1. The summed E-state index contributed by atoms with van der Waals surface area (Å²) in [7, 11) is 0. The summed E-state index contributed by atoms with van der Waals surface area (Å²) >= 11 is 0. The number of phenolic OH excluding ortho intramolecular Hbond substituents is 1. The number of carbonyl (C=O) groups is 1. The van der Waals surface area contributed by atoms with Crippen molar-refractivity contribution in [1.82, 2.24) is 9.97 Å². The fourth-order valence-corrected chi connectivity index (χ4v) is 3.79. The Morgan fingerprint density at radius 3 is 2.72 bits per heavy atom. The minimum Gasteiger partial charge on any atom is -0.507 e. The van der Waals surface area contributed by atoms with Crippen LogP contribution in [-0.2, 0) is 4.74 Å². The average molecular weight is 441 g/mol. The van der Waals surface area contributed by atoms with Crippen LogP contribution in [0.4, 0.5) is 14.5 Å². The Morgan fingerprint density at radius 2 is 1.97 bits per heavy atom. The lowest BCUT2D eigenvalue weighted by Gasteiger charge is -2.32. The van der Waals surface area contributed by atoms with Crippen molar-refractivity contribution in [3.8, 4) is 17.0 Å². The van der Waals surface area contributed by atoms with Crippen molar-refractivity contribution in [2.24, 2.45) is 0 Å². The van der Waals surface area contributed by atoms with Gasteiger partial charge in [0.15, 0.2) is 0 Å². The number of hydrogen-bond donors (Lipinski definition) is 3. The molecule has 0 aliphatic carbocycles. The first kappa shape index (κ1) is 21.8. The maximum Gasteiger partial charge on any atom is 0.274 e. The highest BCUT2D eigenvalue weighted by molar-refractivity contribution is 6.03. The van der Waals surface area contributed by atoms with Crippen LogP contribution in [0.25, 0.3) is 11.3 Å². The number of carbonyl (C=O) groups excluding carboxylic acids is 1. The van der Waals surface area contributed by atoms with Gasteiger partial charge in [-0.05, 0) is 43.7 Å². The second-order valence-corrected chi connectivity index (χ2v) is 7.64. The number of benzene rings is 1. The number of aromatic nitrogens is 2. The number of ether oxygens (including phenoxy) is 1. The zero-order chi connectivity index (χ0) is 22.8. The van der Waals surface area contributed by atoms with Gasteiger partial charge in [0.25, 0.3) is 5.91 Å². The van der Waals surface area contributed by atoms with Gasteiger partial charge in [-0.3, -0.25) is 9.78 Å². The Labute approximate surface area is 182 Å². The molecule has 1 fully saturated rings. The van der Waals surface area contributed by atoms with Crippen LogP contribution >= 0.6 is 0 Å². The number of pyridine rings is 2. The topological polar surface area (TPSA) is 105 Å². The Balaban J connectivity index is 1.64. The van der Waals surface area contributed by atoms with Crippen molar-refractivity contribution in [3.05, 3.63) is 71.7 Å². The van der Waals surface area contributed by atoms with E-state index in [9.17, 15) is 23.8 Å². The summed E-state index contributed by atoms with van der Waals surface area (Å²) in [5.74, 6) is -2.93. The largest absolute Gasteiger partial charge is 0.507 e. The molecule has 0 unspecified atom stereocenters. The summed E-state index contributed by atoms with van der Waals surface area (Å²) < 4.78 is 34.5. The van der Waals surface area contributed by atoms with Crippen LogP contribution in [0.15, 0.2) is 48.8 Å². The third kappa shape index (κ3) is 4.44. The van der Waals surface area contributed by atoms with Crippen molar-refractivity contribution in [2.45, 2.75) is 38.1 Å². The number of aromatic hydroxyl groups is 1. The van der Waals surface area contributed by atoms with Crippen molar-refractivity contribution >= 4 is 11.6 Å². The number of hydrogen-bond acceptors (Lipinski definition) is 6. The summed E-state index contributed by atoms with van der Waals surface area (Å²) in [5.41, 5.74) is -0.109. The van der Waals surface area contributed by atoms with E-state index in [0.717, 1.165) is 18.2 Å². The Kier molecular flexibility index (Phi) is 6.11. The smallest absolute Gasteiger partial charge is 0.274 e. The van der Waals surface area contributed by atoms with Crippen LogP contribution in [0.5, 0.6) is 5.75 Å². The zero-order valence-electron chi connectivity index (χ0n) is 17.1. The number of nitrogens with zero attached hydrogens (tertiary/aromatic N) is 2. The van der Waals surface area contributed by atoms with E-state index in [0.29, 0.717) is 24.1 Å². The van der Waals surface area contributed by atoms with Gasteiger partial charge in [-0.1, -0.05) is 6.07 Å². The van der Waals surface area contributed by atoms with Crippen molar-refractivity contribution in [1.29, 1.82) is 0 Å². The SMILES string of the molecule is C[C@@H]1C[C@H](O)C[C@H](c2ccncc2NC(=O)c2ccc(F)c(-c3c(O)cccc3F)n2)O1. The van der Waals surface area contributed by atoms with Gasteiger partial charge < -0.3 is 20.3 Å². The van der Waals surface area contributed by atoms with Gasteiger partial charge in [-0.25, -0.2) is 13.8 Å². The van der Waals surface area contributed by atoms with Crippen LogP contribution in [-0.4, -0.2) is 38.3 Å². The number of halogens is 2. The fraction of sp³-hybridized carbons (Fsp3) is 0.261. The van der Waals surface area contributed by atoms with Gasteiger partial charge in [0.2, 0.25) is 0 Å². The maximum absolute atomic E-state index is 14.4. The van der Waals surface area contributed by atoms with Crippen molar-refractivity contribution in [3.63, 3.8) is 0 Å². The molecule has 0 radical (unpaired) electrons. The molecule has 1 aliphatic rings. The van der Waals surface area contributed by atoms with Crippen LogP contribution in [0, 0.1) is 11.6 Å². The fourth-order valence-electron chi connectivity index (χ4n) is 3.79. The highest BCUT2D eigenvalue weighted by atomic mass is 19.1. The first-order valence-electron chi connectivity index (χ1n) is 10.1. The second kappa shape index (κ2) is 8.97. The molecule has 7 nitrogen and oxygen atoms in total. The minimum absolute atomic E-state index is 0.157. The molecular formula is C23H21F2N3O4. The number of anilines is 1. The van der Waals surface area contributed by atoms with E-state index in [1.165, 1.54) is 18.3 Å². The van der Waals surface area contributed by atoms with E-state index in [1.807, 2.05) is 6.92 Å². The van der Waals surface area contributed by atoms with Gasteiger partial charge in [0.05, 0.1) is 35.8 Å². The molecule has 1 saturated heterocycles. The zero-order valence-corrected chi connectivity index (χ0v) is 17.1. The van der Waals surface area contributed by atoms with Gasteiger partial charge >= 0.3 is 0 Å². The molecule has 4 rings (SSSR count). The van der Waals surface area contributed by atoms with Crippen LogP contribution in [0.1, 0.15) is 41.9 Å². The molecule has 3 heterocycles. The summed E-state index contributed by atoms with van der Waals surface area (Å²) in [4.78, 5) is 20.9. The number of rotatable bonds is 4. The Bertz CT molecular complexity index is 1130. The predicted molar refractivity (Wildman–Crippen MR) is 112 cm³/mol. The number of aliphatic hydroxyl groups is 1. The van der Waals surface area contributed by atoms with Gasteiger partial charge in [0.1, 0.15) is 28.8 Å². The summed E-state index contributed by atoms with van der Waals surface area (Å²) in [5, 5.41) is 22.7. The standard InChI is InChI=1S/C23H21F2N3O4/c1-12-9-13(29)10-20(32-12)14-7-8-26-11-18(14)28-23(31)17-6-5-16(25)22(27-17)21-15(24)3-2-4-19(21)30/h2-8,11-13,20,29-30H,9-10H2,1H3,(H,28,31)/t12-,13+,20-/m1/s1. The third-order valence-electron chi connectivity index (χ3n) is 5.24. The van der Waals surface area contributed by atoms with E-state index < -0.39 is 46.8 Å². The van der Waals surface area contributed by atoms with E-state index in [2.05, 4.69) is 15.3 Å². The molecule has 166 valence electrons. The molecule has 0 saturated carbocycles. The monoisotopic (exact) mass is 441 g/mol. The Hall–Kier alpha value is -3.43. The average Bonchev–Trinajstić information content (AvgIpc) is 2.74. The maximum atomic E-state index is 14.4. The van der Waals surface area contributed by atoms with E-state index in [4.69, 9.17) is 4.74 Å². The number of aliphatic hydroxyl groups excluding tert-OH is 1. The third-order valence-corrected chi connectivity index (χ3v) is 5.24. The summed E-state index contributed by atoms with van der Waals surface area (Å²) in [6.07, 6.45) is 2.74. The molecule has 1 aliphatic heterocycles. The molecule has 3 aromatic rings. The van der Waals surface area contributed by atoms with Gasteiger partial charge in [-0.2, -0.15) is 0 Å². The molecule has 0 spiro atoms. The van der Waals surface area contributed by atoms with Gasteiger partial charge in [0, 0.05) is 18.2 Å². The quantitative estimate of drug-likeness (QED) is 0.566. The Morgan fingerprint density at radius 1 is 1.16 bits per heavy atom. The lowest BCUT2D eigenvalue weighted by Crippen LogP contribution is -2.30. The normalized spacial score (nSPS) is 20.7. The highest BCUT2D eigenvalue weighted by Crippen LogP contribution is 2.35. The summed E-state index contributed by atoms with van der Waals surface area (Å²) in [6, 6.07) is 7.36. The molecule has 0 bridgehead atoms. The lowest BCUT2D eigenvalue weighted by molar-refractivity contribution is -0.0892. The van der Waals surface area contributed by atoms with Crippen LogP contribution in [0.3, 0.4) is 0 Å². The number of nitrogens with one attached hydrogen (secondary N) is 1.